The van der Waals surface area contributed by atoms with Gasteiger partial charge in [0.1, 0.15) is 5.92 Å². The van der Waals surface area contributed by atoms with Crippen LogP contribution >= 0.6 is 0 Å². The molecular formula is C18H16O5. The van der Waals surface area contributed by atoms with Gasteiger partial charge in [0.05, 0.1) is 20.1 Å². The van der Waals surface area contributed by atoms with Crippen molar-refractivity contribution in [1.82, 2.24) is 0 Å². The van der Waals surface area contributed by atoms with E-state index in [1.54, 1.807) is 18.2 Å². The van der Waals surface area contributed by atoms with Crippen molar-refractivity contribution in [3.8, 4) is 11.5 Å². The van der Waals surface area contributed by atoms with Crippen LogP contribution in [0.5, 0.6) is 11.5 Å². The van der Waals surface area contributed by atoms with Crippen LogP contribution in [-0.2, 0) is 14.3 Å². The Morgan fingerprint density at radius 2 is 1.52 bits per heavy atom. The molecule has 2 aromatic rings. The van der Waals surface area contributed by atoms with Crippen molar-refractivity contribution in [3.63, 3.8) is 0 Å². The van der Waals surface area contributed by atoms with E-state index in [4.69, 9.17) is 14.2 Å². The minimum atomic E-state index is -0.755. The van der Waals surface area contributed by atoms with Crippen LogP contribution in [0.2, 0.25) is 0 Å². The van der Waals surface area contributed by atoms with Crippen molar-refractivity contribution in [2.24, 2.45) is 0 Å². The smallest absolute Gasteiger partial charge is 0.322 e. The third kappa shape index (κ3) is 2.54. The first kappa shape index (κ1) is 15.1. The molecule has 0 amide bonds. The van der Waals surface area contributed by atoms with Gasteiger partial charge in [0, 0.05) is 5.56 Å². The number of hydrogen-bond donors (Lipinski definition) is 0. The van der Waals surface area contributed by atoms with Gasteiger partial charge < -0.3 is 14.2 Å². The molecule has 2 atom stereocenters. The molecular weight excluding hydrogens is 296 g/mol. The molecule has 1 aliphatic rings. The molecule has 118 valence electrons. The Morgan fingerprint density at radius 3 is 2.17 bits per heavy atom. The molecule has 5 nitrogen and oxygen atoms in total. The molecule has 5 heteroatoms. The van der Waals surface area contributed by atoms with E-state index >= 15 is 0 Å². The summed E-state index contributed by atoms with van der Waals surface area (Å²) in [5, 5.41) is 0. The van der Waals surface area contributed by atoms with Gasteiger partial charge in [-0.25, -0.2) is 0 Å². The predicted octanol–water partition coefficient (Wildman–Crippen LogP) is 2.65. The summed E-state index contributed by atoms with van der Waals surface area (Å²) < 4.78 is 15.6. The number of esters is 2. The highest BCUT2D eigenvalue weighted by Gasteiger charge is 2.47. The first-order valence-corrected chi connectivity index (χ1v) is 7.18. The summed E-state index contributed by atoms with van der Waals surface area (Å²) in [6, 6.07) is 14.4. The van der Waals surface area contributed by atoms with E-state index in [2.05, 4.69) is 0 Å². The summed E-state index contributed by atoms with van der Waals surface area (Å²) in [6.45, 7) is 0. The van der Waals surface area contributed by atoms with Gasteiger partial charge in [-0.05, 0) is 11.6 Å². The molecule has 1 saturated heterocycles. The molecule has 1 aliphatic heterocycles. The van der Waals surface area contributed by atoms with Crippen LogP contribution in [-0.4, -0.2) is 26.2 Å². The Bertz CT molecular complexity index is 738. The lowest BCUT2D eigenvalue weighted by atomic mass is 9.83. The third-order valence-electron chi connectivity index (χ3n) is 3.97. The normalized spacial score (nSPS) is 20.3. The van der Waals surface area contributed by atoms with Gasteiger partial charge in [-0.1, -0.05) is 42.5 Å². The molecule has 0 unspecified atom stereocenters. The number of carbonyl (C=O) groups is 2. The molecule has 1 fully saturated rings. The number of methoxy groups -OCH3 is 2. The summed E-state index contributed by atoms with van der Waals surface area (Å²) in [6.07, 6.45) is 0. The van der Waals surface area contributed by atoms with E-state index in [-0.39, 0.29) is 0 Å². The molecule has 0 spiro atoms. The Labute approximate surface area is 133 Å². The van der Waals surface area contributed by atoms with Crippen LogP contribution in [0.4, 0.5) is 0 Å². The van der Waals surface area contributed by atoms with E-state index in [1.807, 2.05) is 30.3 Å². The Morgan fingerprint density at radius 1 is 0.826 bits per heavy atom. The highest BCUT2D eigenvalue weighted by Crippen LogP contribution is 2.45. The van der Waals surface area contributed by atoms with Crippen molar-refractivity contribution in [2.75, 3.05) is 14.2 Å². The highest BCUT2D eigenvalue weighted by molar-refractivity contribution is 6.03. The lowest BCUT2D eigenvalue weighted by molar-refractivity contribution is -0.152. The second-order valence-electron chi connectivity index (χ2n) is 5.19. The maximum absolute atomic E-state index is 12.3. The number of hydrogen-bond acceptors (Lipinski definition) is 5. The van der Waals surface area contributed by atoms with Gasteiger partial charge in [0.2, 0.25) is 0 Å². The minimum absolute atomic E-state index is 0.438. The average Bonchev–Trinajstić information content (AvgIpc) is 2.88. The zero-order valence-corrected chi connectivity index (χ0v) is 12.8. The van der Waals surface area contributed by atoms with Crippen LogP contribution in [0.15, 0.2) is 48.5 Å². The largest absolute Gasteiger partial charge is 0.493 e. The van der Waals surface area contributed by atoms with Gasteiger partial charge in [0.15, 0.2) is 11.5 Å². The molecule has 0 aliphatic carbocycles. The quantitative estimate of drug-likeness (QED) is 0.641. The fraction of sp³-hybridized carbons (Fsp3) is 0.222. The summed E-state index contributed by atoms with van der Waals surface area (Å²) in [5.41, 5.74) is 1.31. The zero-order valence-electron chi connectivity index (χ0n) is 12.8. The fourth-order valence-electron chi connectivity index (χ4n) is 2.95. The molecule has 3 rings (SSSR count). The first-order valence-electron chi connectivity index (χ1n) is 7.18. The topological polar surface area (TPSA) is 61.8 Å². The van der Waals surface area contributed by atoms with Gasteiger partial charge in [-0.3, -0.25) is 9.59 Å². The molecule has 0 aromatic heterocycles. The van der Waals surface area contributed by atoms with Gasteiger partial charge in [-0.15, -0.1) is 0 Å². The van der Waals surface area contributed by atoms with Crippen LogP contribution < -0.4 is 9.47 Å². The van der Waals surface area contributed by atoms with Crippen molar-refractivity contribution in [3.05, 3.63) is 59.7 Å². The van der Waals surface area contributed by atoms with Crippen LogP contribution in [0.3, 0.4) is 0 Å². The highest BCUT2D eigenvalue weighted by atomic mass is 16.6. The Kier molecular flexibility index (Phi) is 4.02. The Hall–Kier alpha value is -2.82. The van der Waals surface area contributed by atoms with Crippen molar-refractivity contribution >= 4 is 11.9 Å². The first-order chi connectivity index (χ1) is 11.2. The second kappa shape index (κ2) is 6.12. The summed E-state index contributed by atoms with van der Waals surface area (Å²) in [5.74, 6) is -1.62. The lowest BCUT2D eigenvalue weighted by Crippen LogP contribution is -2.15. The van der Waals surface area contributed by atoms with E-state index in [9.17, 15) is 9.59 Å². The Balaban J connectivity index is 2.13. The lowest BCUT2D eigenvalue weighted by Gasteiger charge is -2.18. The average molecular weight is 312 g/mol. The SMILES string of the molecule is COc1cccc([C@H]2C(=O)OC(=O)[C@H]2c2ccccc2)c1OC. The monoisotopic (exact) mass is 312 g/mol. The number of para-hydroxylation sites is 1. The number of benzene rings is 2. The van der Waals surface area contributed by atoms with Gasteiger partial charge >= 0.3 is 11.9 Å². The summed E-state index contributed by atoms with van der Waals surface area (Å²) in [4.78, 5) is 24.5. The van der Waals surface area contributed by atoms with Crippen LogP contribution in [0.1, 0.15) is 23.0 Å². The maximum Gasteiger partial charge on any atom is 0.322 e. The van der Waals surface area contributed by atoms with Gasteiger partial charge in [0.25, 0.3) is 0 Å². The molecule has 0 N–H and O–H groups in total. The molecule has 0 bridgehead atoms. The van der Waals surface area contributed by atoms with Gasteiger partial charge in [-0.2, -0.15) is 0 Å². The summed E-state index contributed by atoms with van der Waals surface area (Å²) in [7, 11) is 3.02. The maximum atomic E-state index is 12.3. The van der Waals surface area contributed by atoms with E-state index in [1.165, 1.54) is 14.2 Å². The van der Waals surface area contributed by atoms with Crippen molar-refractivity contribution in [2.45, 2.75) is 11.8 Å². The molecule has 0 saturated carbocycles. The minimum Gasteiger partial charge on any atom is -0.493 e. The van der Waals surface area contributed by atoms with Crippen LogP contribution in [0, 0.1) is 0 Å². The van der Waals surface area contributed by atoms with E-state index in [0.29, 0.717) is 17.1 Å². The van der Waals surface area contributed by atoms with Crippen molar-refractivity contribution < 1.29 is 23.8 Å². The fourth-order valence-corrected chi connectivity index (χ4v) is 2.95. The predicted molar refractivity (Wildman–Crippen MR) is 82.6 cm³/mol. The summed E-state index contributed by atoms with van der Waals surface area (Å²) >= 11 is 0. The number of rotatable bonds is 4. The molecule has 0 radical (unpaired) electrons. The van der Waals surface area contributed by atoms with E-state index < -0.39 is 23.8 Å². The molecule has 1 heterocycles. The van der Waals surface area contributed by atoms with Crippen molar-refractivity contribution in [1.29, 1.82) is 0 Å². The third-order valence-corrected chi connectivity index (χ3v) is 3.97. The number of cyclic esters (lactones) is 2. The molecule has 2 aromatic carbocycles. The zero-order chi connectivity index (χ0) is 16.4. The molecule has 23 heavy (non-hydrogen) atoms. The van der Waals surface area contributed by atoms with E-state index in [0.717, 1.165) is 5.56 Å². The second-order valence-corrected chi connectivity index (χ2v) is 5.19. The number of ether oxygens (including phenoxy) is 3. The van der Waals surface area contributed by atoms with Crippen LogP contribution in [0.25, 0.3) is 0 Å². The standard InChI is InChI=1S/C18H16O5/c1-21-13-10-6-9-12(16(13)22-2)15-14(17(19)23-18(15)20)11-7-4-3-5-8-11/h3-10,14-15H,1-2H3/t14-,15+/m0/s1. The number of carbonyl (C=O) groups excluding carboxylic acids is 2.